The van der Waals surface area contributed by atoms with Crippen LogP contribution in [0.4, 0.5) is 0 Å². The third-order valence-electron chi connectivity index (χ3n) is 6.26. The number of rotatable bonds is 4. The molecule has 0 amide bonds. The minimum Gasteiger partial charge on any atom is -0.543 e. The fourth-order valence-electron chi connectivity index (χ4n) is 3.63. The first-order valence-corrected chi connectivity index (χ1v) is 12.3. The second-order valence-corrected chi connectivity index (χ2v) is 13.7. The molecule has 25 heavy (non-hydrogen) atoms. The lowest BCUT2D eigenvalue weighted by Crippen LogP contribution is -2.66. The van der Waals surface area contributed by atoms with Gasteiger partial charge in [-0.25, -0.2) is 4.89 Å². The molecule has 4 nitrogen and oxygen atoms in total. The lowest BCUT2D eigenvalue weighted by atomic mass is 9.74. The summed E-state index contributed by atoms with van der Waals surface area (Å²) in [6.45, 7) is 11.3. The van der Waals surface area contributed by atoms with Crippen molar-refractivity contribution in [3.05, 3.63) is 29.8 Å². The standard InChI is InChI=1S/C20H32O4Si/c1-18(2,3)25(5,6)22-17-12-10-11-16(15-17)20(21-4)19(23-24-20)13-8-7-9-14-19/h10-12,15H,7-9,13-14H2,1-6H3. The maximum Gasteiger partial charge on any atom is 0.260 e. The van der Waals surface area contributed by atoms with Gasteiger partial charge >= 0.3 is 0 Å². The molecular formula is C20H32O4Si. The van der Waals surface area contributed by atoms with Crippen LogP contribution in [0.2, 0.25) is 18.1 Å². The molecule has 0 bridgehead atoms. The minimum atomic E-state index is -1.89. The number of hydrogen-bond acceptors (Lipinski definition) is 4. The molecule has 1 unspecified atom stereocenters. The van der Waals surface area contributed by atoms with Crippen molar-refractivity contribution in [2.24, 2.45) is 0 Å². The van der Waals surface area contributed by atoms with Gasteiger partial charge < -0.3 is 9.16 Å². The van der Waals surface area contributed by atoms with Gasteiger partial charge in [0.2, 0.25) is 8.32 Å². The molecule has 2 fully saturated rings. The van der Waals surface area contributed by atoms with Crippen LogP contribution < -0.4 is 4.43 Å². The molecule has 1 aliphatic heterocycles. The van der Waals surface area contributed by atoms with E-state index in [1.54, 1.807) is 7.11 Å². The van der Waals surface area contributed by atoms with Gasteiger partial charge in [-0.1, -0.05) is 52.2 Å². The largest absolute Gasteiger partial charge is 0.543 e. The van der Waals surface area contributed by atoms with Gasteiger partial charge in [-0.05, 0) is 43.1 Å². The zero-order valence-corrected chi connectivity index (χ0v) is 17.5. The summed E-state index contributed by atoms with van der Waals surface area (Å²) in [7, 11) is -0.182. The molecule has 0 N–H and O–H groups in total. The van der Waals surface area contributed by atoms with E-state index in [0.29, 0.717) is 0 Å². The van der Waals surface area contributed by atoms with E-state index >= 15 is 0 Å². The summed E-state index contributed by atoms with van der Waals surface area (Å²) in [6, 6.07) is 8.18. The van der Waals surface area contributed by atoms with Crippen molar-refractivity contribution < 1.29 is 18.9 Å². The highest BCUT2D eigenvalue weighted by Crippen LogP contribution is 2.56. The van der Waals surface area contributed by atoms with E-state index in [2.05, 4.69) is 46.0 Å². The molecule has 1 aromatic carbocycles. The Balaban J connectivity index is 1.90. The number of methoxy groups -OCH3 is 1. The summed E-state index contributed by atoms with van der Waals surface area (Å²) in [5, 5.41) is 0.155. The average molecular weight is 365 g/mol. The zero-order valence-electron chi connectivity index (χ0n) is 16.5. The molecule has 1 spiro atoms. The van der Waals surface area contributed by atoms with Crippen molar-refractivity contribution in [3.8, 4) is 5.75 Å². The lowest BCUT2D eigenvalue weighted by molar-refractivity contribution is -0.622. The third-order valence-corrected chi connectivity index (χ3v) is 10.6. The smallest absolute Gasteiger partial charge is 0.260 e. The van der Waals surface area contributed by atoms with Crippen LogP contribution in [0.5, 0.6) is 5.75 Å². The van der Waals surface area contributed by atoms with E-state index < -0.39 is 14.1 Å². The quantitative estimate of drug-likeness (QED) is 0.519. The fourth-order valence-corrected chi connectivity index (χ4v) is 4.65. The summed E-state index contributed by atoms with van der Waals surface area (Å²) in [5.74, 6) is 0.0715. The van der Waals surface area contributed by atoms with E-state index in [0.717, 1.165) is 37.0 Å². The molecule has 2 aliphatic rings. The van der Waals surface area contributed by atoms with Crippen LogP contribution in [-0.4, -0.2) is 21.0 Å². The van der Waals surface area contributed by atoms with Crippen molar-refractivity contribution in [1.82, 2.24) is 0 Å². The molecular weight excluding hydrogens is 332 g/mol. The van der Waals surface area contributed by atoms with Crippen molar-refractivity contribution >= 4 is 8.32 Å². The highest BCUT2D eigenvalue weighted by molar-refractivity contribution is 6.74. The van der Waals surface area contributed by atoms with Crippen LogP contribution in [0.25, 0.3) is 0 Å². The van der Waals surface area contributed by atoms with Crippen molar-refractivity contribution in [3.63, 3.8) is 0 Å². The predicted octanol–water partition coefficient (Wildman–Crippen LogP) is 5.53. The Morgan fingerprint density at radius 1 is 1.04 bits per heavy atom. The molecule has 140 valence electrons. The first-order valence-electron chi connectivity index (χ1n) is 9.37. The summed E-state index contributed by atoms with van der Waals surface area (Å²) in [5.41, 5.74) is 0.620. The molecule has 1 saturated heterocycles. The second-order valence-electron chi connectivity index (χ2n) is 8.93. The monoisotopic (exact) mass is 364 g/mol. The topological polar surface area (TPSA) is 36.9 Å². The van der Waals surface area contributed by atoms with Crippen LogP contribution in [0, 0.1) is 0 Å². The molecule has 5 heteroatoms. The van der Waals surface area contributed by atoms with E-state index in [-0.39, 0.29) is 10.6 Å². The predicted molar refractivity (Wildman–Crippen MR) is 101 cm³/mol. The first kappa shape index (κ1) is 18.9. The average Bonchev–Trinajstić information content (AvgIpc) is 2.54. The highest BCUT2D eigenvalue weighted by Gasteiger charge is 2.66. The van der Waals surface area contributed by atoms with Crippen LogP contribution in [0.15, 0.2) is 24.3 Å². The molecule has 1 aliphatic carbocycles. The Kier molecular flexibility index (Phi) is 4.82. The van der Waals surface area contributed by atoms with Crippen molar-refractivity contribution in [2.45, 2.75) is 82.4 Å². The van der Waals surface area contributed by atoms with Crippen molar-refractivity contribution in [1.29, 1.82) is 0 Å². The van der Waals surface area contributed by atoms with Gasteiger partial charge in [-0.2, -0.15) is 4.89 Å². The fraction of sp³-hybridized carbons (Fsp3) is 0.700. The highest BCUT2D eigenvalue weighted by atomic mass is 28.4. The maximum atomic E-state index is 6.48. The molecule has 1 saturated carbocycles. The van der Waals surface area contributed by atoms with Gasteiger partial charge in [0.25, 0.3) is 5.79 Å². The SMILES string of the molecule is COC1(c2cccc(O[Si](C)(C)C(C)(C)C)c2)OOC12CCCCC2. The van der Waals surface area contributed by atoms with Gasteiger partial charge in [-0.3, -0.25) is 0 Å². The van der Waals surface area contributed by atoms with E-state index in [4.69, 9.17) is 18.9 Å². The summed E-state index contributed by atoms with van der Waals surface area (Å²) in [6.07, 6.45) is 5.48. The lowest BCUT2D eigenvalue weighted by Gasteiger charge is -2.56. The molecule has 1 heterocycles. The third kappa shape index (κ3) is 3.05. The summed E-state index contributed by atoms with van der Waals surface area (Å²) in [4.78, 5) is 11.3. The Labute approximate surface area is 152 Å². The van der Waals surface area contributed by atoms with Gasteiger partial charge in [-0.15, -0.1) is 0 Å². The normalized spacial score (nSPS) is 26.3. The molecule has 3 rings (SSSR count). The zero-order chi connectivity index (χ0) is 18.3. The van der Waals surface area contributed by atoms with E-state index in [1.807, 2.05) is 12.1 Å². The number of benzene rings is 1. The molecule has 1 atom stereocenters. The molecule has 1 aromatic rings. The number of ether oxygens (including phenoxy) is 1. The Morgan fingerprint density at radius 3 is 2.24 bits per heavy atom. The first-order chi connectivity index (χ1) is 11.7. The van der Waals surface area contributed by atoms with Gasteiger partial charge in [0.05, 0.1) is 0 Å². The molecule has 0 aromatic heterocycles. The van der Waals surface area contributed by atoms with Gasteiger partial charge in [0, 0.05) is 12.7 Å². The van der Waals surface area contributed by atoms with Crippen LogP contribution in [-0.2, 0) is 20.3 Å². The van der Waals surface area contributed by atoms with Crippen LogP contribution in [0.1, 0.15) is 58.4 Å². The Hall–Kier alpha value is -0.883. The number of hydrogen-bond donors (Lipinski definition) is 0. The Morgan fingerprint density at radius 2 is 1.72 bits per heavy atom. The maximum absolute atomic E-state index is 6.48. The van der Waals surface area contributed by atoms with Gasteiger partial charge in [0.15, 0.2) is 5.60 Å². The Bertz CT molecular complexity index is 612. The van der Waals surface area contributed by atoms with Crippen molar-refractivity contribution in [2.75, 3.05) is 7.11 Å². The second kappa shape index (κ2) is 6.37. The summed E-state index contributed by atoms with van der Waals surface area (Å²) < 4.78 is 12.4. The van der Waals surface area contributed by atoms with Crippen LogP contribution in [0.3, 0.4) is 0 Å². The van der Waals surface area contributed by atoms with E-state index in [1.165, 1.54) is 6.42 Å². The van der Waals surface area contributed by atoms with E-state index in [9.17, 15) is 0 Å². The summed E-state index contributed by atoms with van der Waals surface area (Å²) >= 11 is 0. The van der Waals surface area contributed by atoms with Gasteiger partial charge in [0.1, 0.15) is 5.75 Å². The minimum absolute atomic E-state index is 0.155. The molecule has 0 radical (unpaired) electrons. The van der Waals surface area contributed by atoms with Crippen LogP contribution >= 0.6 is 0 Å².